The standard InChI is InChI=1S/C15H32N2/c1-6-13(4)15-11-17(9-7-8-16-15)10-14(5)12(2)3/h12-16H,6-11H2,1-5H3. The Kier molecular flexibility index (Phi) is 6.50. The Bertz CT molecular complexity index is 203. The molecule has 0 aromatic carbocycles. The minimum atomic E-state index is 0.696. The lowest BCUT2D eigenvalue weighted by molar-refractivity contribution is 0.192. The average Bonchev–Trinajstić information content (AvgIpc) is 2.53. The third-order valence-electron chi connectivity index (χ3n) is 4.53. The van der Waals surface area contributed by atoms with Gasteiger partial charge in [-0.3, -0.25) is 0 Å². The van der Waals surface area contributed by atoms with E-state index in [4.69, 9.17) is 0 Å². The Balaban J connectivity index is 2.48. The summed E-state index contributed by atoms with van der Waals surface area (Å²) in [7, 11) is 0. The Hall–Kier alpha value is -0.0800. The molecule has 17 heavy (non-hydrogen) atoms. The predicted molar refractivity (Wildman–Crippen MR) is 76.3 cm³/mol. The van der Waals surface area contributed by atoms with Crippen molar-refractivity contribution < 1.29 is 0 Å². The Morgan fingerprint density at radius 1 is 1.24 bits per heavy atom. The quantitative estimate of drug-likeness (QED) is 0.795. The largest absolute Gasteiger partial charge is 0.312 e. The normalized spacial score (nSPS) is 26.8. The highest BCUT2D eigenvalue weighted by molar-refractivity contribution is 4.81. The Morgan fingerprint density at radius 3 is 2.53 bits per heavy atom. The minimum absolute atomic E-state index is 0.696. The van der Waals surface area contributed by atoms with Gasteiger partial charge in [-0.15, -0.1) is 0 Å². The third-order valence-corrected chi connectivity index (χ3v) is 4.53. The van der Waals surface area contributed by atoms with Crippen LogP contribution in [0.5, 0.6) is 0 Å². The molecule has 1 heterocycles. The fourth-order valence-corrected chi connectivity index (χ4v) is 2.47. The van der Waals surface area contributed by atoms with E-state index in [9.17, 15) is 0 Å². The van der Waals surface area contributed by atoms with E-state index in [1.807, 2.05) is 0 Å². The van der Waals surface area contributed by atoms with E-state index in [0.29, 0.717) is 6.04 Å². The second-order valence-electron chi connectivity index (χ2n) is 6.28. The van der Waals surface area contributed by atoms with E-state index in [2.05, 4.69) is 44.8 Å². The lowest BCUT2D eigenvalue weighted by atomic mass is 9.96. The summed E-state index contributed by atoms with van der Waals surface area (Å²) in [6.45, 7) is 16.7. The zero-order valence-electron chi connectivity index (χ0n) is 12.5. The number of hydrogen-bond donors (Lipinski definition) is 1. The van der Waals surface area contributed by atoms with Gasteiger partial charge >= 0.3 is 0 Å². The van der Waals surface area contributed by atoms with Crippen molar-refractivity contribution in [2.45, 2.75) is 53.5 Å². The fourth-order valence-electron chi connectivity index (χ4n) is 2.47. The van der Waals surface area contributed by atoms with Gasteiger partial charge in [0.05, 0.1) is 0 Å². The van der Waals surface area contributed by atoms with Gasteiger partial charge in [-0.2, -0.15) is 0 Å². The van der Waals surface area contributed by atoms with Crippen LogP contribution in [0.25, 0.3) is 0 Å². The van der Waals surface area contributed by atoms with Gasteiger partial charge in [0.15, 0.2) is 0 Å². The summed E-state index contributed by atoms with van der Waals surface area (Å²) in [6, 6.07) is 0.696. The number of nitrogens with one attached hydrogen (secondary N) is 1. The predicted octanol–water partition coefficient (Wildman–Crippen LogP) is 2.99. The van der Waals surface area contributed by atoms with Gasteiger partial charge in [0.2, 0.25) is 0 Å². The summed E-state index contributed by atoms with van der Waals surface area (Å²) >= 11 is 0. The molecule has 0 bridgehead atoms. The number of nitrogens with zero attached hydrogens (tertiary/aromatic N) is 1. The van der Waals surface area contributed by atoms with Crippen LogP contribution in [0, 0.1) is 17.8 Å². The molecule has 1 aliphatic heterocycles. The van der Waals surface area contributed by atoms with Gasteiger partial charge in [-0.25, -0.2) is 0 Å². The molecule has 1 saturated heterocycles. The molecule has 0 spiro atoms. The molecule has 3 unspecified atom stereocenters. The summed E-state index contributed by atoms with van der Waals surface area (Å²) in [5.74, 6) is 2.41. The van der Waals surface area contributed by atoms with Crippen LogP contribution in [0.2, 0.25) is 0 Å². The SMILES string of the molecule is CCC(C)C1CN(CC(C)C(C)C)CCCN1. The molecule has 0 amide bonds. The molecular weight excluding hydrogens is 208 g/mol. The van der Waals surface area contributed by atoms with Gasteiger partial charge in [-0.1, -0.05) is 41.0 Å². The first-order valence-electron chi connectivity index (χ1n) is 7.50. The van der Waals surface area contributed by atoms with Crippen molar-refractivity contribution in [2.75, 3.05) is 26.2 Å². The molecule has 0 aliphatic carbocycles. The minimum Gasteiger partial charge on any atom is -0.312 e. The van der Waals surface area contributed by atoms with Crippen LogP contribution < -0.4 is 5.32 Å². The summed E-state index contributed by atoms with van der Waals surface area (Å²) in [5, 5.41) is 3.72. The summed E-state index contributed by atoms with van der Waals surface area (Å²) in [6.07, 6.45) is 2.59. The van der Waals surface area contributed by atoms with E-state index in [-0.39, 0.29) is 0 Å². The first-order chi connectivity index (χ1) is 8.04. The maximum atomic E-state index is 3.72. The highest BCUT2D eigenvalue weighted by Gasteiger charge is 2.23. The van der Waals surface area contributed by atoms with Gasteiger partial charge in [0, 0.05) is 19.1 Å². The smallest absolute Gasteiger partial charge is 0.0220 e. The van der Waals surface area contributed by atoms with Crippen LogP contribution in [0.1, 0.15) is 47.5 Å². The molecule has 1 fully saturated rings. The van der Waals surface area contributed by atoms with Gasteiger partial charge in [0.1, 0.15) is 0 Å². The second-order valence-corrected chi connectivity index (χ2v) is 6.28. The maximum absolute atomic E-state index is 3.72. The highest BCUT2D eigenvalue weighted by Crippen LogP contribution is 2.16. The first kappa shape index (κ1) is 15.0. The molecule has 0 radical (unpaired) electrons. The molecule has 1 N–H and O–H groups in total. The number of rotatable bonds is 5. The van der Waals surface area contributed by atoms with Gasteiger partial charge < -0.3 is 10.2 Å². The lowest BCUT2D eigenvalue weighted by Crippen LogP contribution is -2.43. The fraction of sp³-hybridized carbons (Fsp3) is 1.00. The zero-order chi connectivity index (χ0) is 12.8. The third kappa shape index (κ3) is 4.97. The molecule has 2 heteroatoms. The molecular formula is C15H32N2. The molecule has 3 atom stereocenters. The molecule has 1 rings (SSSR count). The monoisotopic (exact) mass is 240 g/mol. The van der Waals surface area contributed by atoms with Crippen LogP contribution in [0.4, 0.5) is 0 Å². The van der Waals surface area contributed by atoms with E-state index >= 15 is 0 Å². The Morgan fingerprint density at radius 2 is 1.94 bits per heavy atom. The van der Waals surface area contributed by atoms with Crippen molar-refractivity contribution in [3.8, 4) is 0 Å². The molecule has 0 aromatic heterocycles. The van der Waals surface area contributed by atoms with Crippen molar-refractivity contribution in [2.24, 2.45) is 17.8 Å². The van der Waals surface area contributed by atoms with Crippen LogP contribution >= 0.6 is 0 Å². The van der Waals surface area contributed by atoms with Crippen LogP contribution in [0.3, 0.4) is 0 Å². The van der Waals surface area contributed by atoms with Gasteiger partial charge in [-0.05, 0) is 37.3 Å². The zero-order valence-corrected chi connectivity index (χ0v) is 12.5. The molecule has 0 saturated carbocycles. The van der Waals surface area contributed by atoms with Crippen LogP contribution in [-0.2, 0) is 0 Å². The van der Waals surface area contributed by atoms with Crippen molar-refractivity contribution in [3.05, 3.63) is 0 Å². The van der Waals surface area contributed by atoms with E-state index in [1.54, 1.807) is 0 Å². The molecule has 0 aromatic rings. The second kappa shape index (κ2) is 7.38. The molecule has 1 aliphatic rings. The van der Waals surface area contributed by atoms with Crippen molar-refractivity contribution in [1.82, 2.24) is 10.2 Å². The number of hydrogen-bond acceptors (Lipinski definition) is 2. The maximum Gasteiger partial charge on any atom is 0.0220 e. The lowest BCUT2D eigenvalue weighted by Gasteiger charge is -2.30. The average molecular weight is 240 g/mol. The summed E-state index contributed by atoms with van der Waals surface area (Å²) < 4.78 is 0. The van der Waals surface area contributed by atoms with Gasteiger partial charge in [0.25, 0.3) is 0 Å². The van der Waals surface area contributed by atoms with E-state index < -0.39 is 0 Å². The molecule has 2 nitrogen and oxygen atoms in total. The summed E-state index contributed by atoms with van der Waals surface area (Å²) in [5.41, 5.74) is 0. The first-order valence-corrected chi connectivity index (χ1v) is 7.50. The highest BCUT2D eigenvalue weighted by atomic mass is 15.2. The van der Waals surface area contributed by atoms with Crippen molar-refractivity contribution >= 4 is 0 Å². The van der Waals surface area contributed by atoms with E-state index in [0.717, 1.165) is 17.8 Å². The van der Waals surface area contributed by atoms with E-state index in [1.165, 1.54) is 39.0 Å². The van der Waals surface area contributed by atoms with Crippen LogP contribution in [0.15, 0.2) is 0 Å². The Labute approximate surface area is 108 Å². The van der Waals surface area contributed by atoms with Crippen molar-refractivity contribution in [1.29, 1.82) is 0 Å². The summed E-state index contributed by atoms with van der Waals surface area (Å²) in [4.78, 5) is 2.68. The van der Waals surface area contributed by atoms with Crippen LogP contribution in [-0.4, -0.2) is 37.1 Å². The molecule has 102 valence electrons. The van der Waals surface area contributed by atoms with Crippen molar-refractivity contribution in [3.63, 3.8) is 0 Å². The topological polar surface area (TPSA) is 15.3 Å².